The molecule has 0 aliphatic carbocycles. The second kappa shape index (κ2) is 8.92. The van der Waals surface area contributed by atoms with Gasteiger partial charge in [-0.1, -0.05) is 26.0 Å². The average molecular weight is 416 g/mol. The molecule has 0 bridgehead atoms. The molecule has 1 heterocycles. The summed E-state index contributed by atoms with van der Waals surface area (Å²) in [5.74, 6) is 0.699. The predicted molar refractivity (Wildman–Crippen MR) is 121 cm³/mol. The Kier molecular flexibility index (Phi) is 5.89. The highest BCUT2D eigenvalue weighted by Crippen LogP contribution is 2.33. The molecule has 2 N–H and O–H groups in total. The van der Waals surface area contributed by atoms with Crippen molar-refractivity contribution in [3.63, 3.8) is 0 Å². The summed E-state index contributed by atoms with van der Waals surface area (Å²) in [6.07, 6.45) is 1.79. The average Bonchev–Trinajstić information content (AvgIpc) is 3.22. The lowest BCUT2D eigenvalue weighted by molar-refractivity contribution is 0.102. The van der Waals surface area contributed by atoms with E-state index in [1.807, 2.05) is 31.2 Å². The number of hydrogen-bond donors (Lipinski definition) is 2. The molecule has 4 rings (SSSR count). The van der Waals surface area contributed by atoms with Crippen molar-refractivity contribution in [3.8, 4) is 23.0 Å². The van der Waals surface area contributed by atoms with Crippen LogP contribution < -0.4 is 10.1 Å². The number of anilines is 1. The van der Waals surface area contributed by atoms with Gasteiger partial charge in [0.1, 0.15) is 17.0 Å². The number of rotatable bonds is 7. The smallest absolute Gasteiger partial charge is 0.255 e. The summed E-state index contributed by atoms with van der Waals surface area (Å²) in [6.45, 7) is 4.70. The zero-order valence-electron chi connectivity index (χ0n) is 17.5. The monoisotopic (exact) mass is 416 g/mol. The van der Waals surface area contributed by atoms with Gasteiger partial charge in [0.25, 0.3) is 5.91 Å². The molecule has 0 unspecified atom stereocenters. The van der Waals surface area contributed by atoms with Gasteiger partial charge >= 0.3 is 0 Å². The Morgan fingerprint density at radius 1 is 1.10 bits per heavy atom. The maximum atomic E-state index is 12.7. The number of aromatic hydroxyl groups is 1. The summed E-state index contributed by atoms with van der Waals surface area (Å²) in [4.78, 5) is 17.2. The molecule has 3 aromatic carbocycles. The van der Waals surface area contributed by atoms with E-state index in [9.17, 15) is 9.90 Å². The van der Waals surface area contributed by atoms with Gasteiger partial charge in [0.05, 0.1) is 12.2 Å². The minimum absolute atomic E-state index is 0.0234. The fourth-order valence-electron chi connectivity index (χ4n) is 3.24. The highest BCUT2D eigenvalue weighted by Gasteiger charge is 2.15. The molecule has 0 atom stereocenters. The SMILES string of the molecule is CCCOc1cccc(C(=O)Nc2ccc(O)c(-c3nc4cc(CC)ccc4o3)c2)c1. The highest BCUT2D eigenvalue weighted by atomic mass is 16.5. The number of nitrogens with zero attached hydrogens (tertiary/aromatic N) is 1. The highest BCUT2D eigenvalue weighted by molar-refractivity contribution is 6.04. The van der Waals surface area contributed by atoms with Gasteiger partial charge in [0.2, 0.25) is 5.89 Å². The number of hydrogen-bond acceptors (Lipinski definition) is 5. The van der Waals surface area contributed by atoms with Gasteiger partial charge < -0.3 is 19.6 Å². The summed E-state index contributed by atoms with van der Waals surface area (Å²) < 4.78 is 11.4. The van der Waals surface area contributed by atoms with Crippen molar-refractivity contribution in [1.29, 1.82) is 0 Å². The van der Waals surface area contributed by atoms with E-state index in [0.717, 1.165) is 23.9 Å². The van der Waals surface area contributed by atoms with Crippen molar-refractivity contribution >= 4 is 22.7 Å². The van der Waals surface area contributed by atoms with Gasteiger partial charge in [-0.3, -0.25) is 4.79 Å². The summed E-state index contributed by atoms with van der Waals surface area (Å²) in [7, 11) is 0. The van der Waals surface area contributed by atoms with E-state index in [0.29, 0.717) is 40.6 Å². The van der Waals surface area contributed by atoms with Crippen molar-refractivity contribution in [3.05, 3.63) is 71.8 Å². The molecule has 1 aromatic heterocycles. The van der Waals surface area contributed by atoms with Crippen LogP contribution >= 0.6 is 0 Å². The van der Waals surface area contributed by atoms with Crippen LogP contribution in [0, 0.1) is 0 Å². The maximum absolute atomic E-state index is 12.7. The third-order valence-electron chi connectivity index (χ3n) is 4.91. The van der Waals surface area contributed by atoms with Crippen LogP contribution in [0.3, 0.4) is 0 Å². The van der Waals surface area contributed by atoms with E-state index < -0.39 is 0 Å². The lowest BCUT2D eigenvalue weighted by atomic mass is 10.1. The molecule has 0 spiro atoms. The largest absolute Gasteiger partial charge is 0.507 e. The van der Waals surface area contributed by atoms with Crippen LogP contribution in [0.15, 0.2) is 65.1 Å². The topological polar surface area (TPSA) is 84.6 Å². The first-order valence-electron chi connectivity index (χ1n) is 10.3. The molecule has 0 radical (unpaired) electrons. The van der Waals surface area contributed by atoms with E-state index in [-0.39, 0.29) is 11.7 Å². The minimum atomic E-state index is -0.274. The Bertz CT molecular complexity index is 1230. The number of oxazole rings is 1. The van der Waals surface area contributed by atoms with Crippen LogP contribution in [-0.2, 0) is 6.42 Å². The molecule has 0 aliphatic heterocycles. The van der Waals surface area contributed by atoms with Crippen LogP contribution in [0.2, 0.25) is 0 Å². The van der Waals surface area contributed by atoms with Gasteiger partial charge in [-0.2, -0.15) is 0 Å². The predicted octanol–water partition coefficient (Wildman–Crippen LogP) is 5.80. The van der Waals surface area contributed by atoms with Gasteiger partial charge in [-0.05, 0) is 66.9 Å². The second-order valence-electron chi connectivity index (χ2n) is 7.24. The van der Waals surface area contributed by atoms with E-state index in [4.69, 9.17) is 9.15 Å². The van der Waals surface area contributed by atoms with Crippen molar-refractivity contribution < 1.29 is 19.1 Å². The van der Waals surface area contributed by atoms with Crippen molar-refractivity contribution in [1.82, 2.24) is 4.98 Å². The fraction of sp³-hybridized carbons (Fsp3) is 0.200. The number of carbonyl (C=O) groups excluding carboxylic acids is 1. The van der Waals surface area contributed by atoms with E-state index in [1.54, 1.807) is 30.3 Å². The summed E-state index contributed by atoms with van der Waals surface area (Å²) >= 11 is 0. The number of phenolic OH excluding ortho intramolecular Hbond substituents is 1. The molecule has 0 fully saturated rings. The number of carbonyl (C=O) groups is 1. The van der Waals surface area contributed by atoms with Gasteiger partial charge in [-0.15, -0.1) is 0 Å². The maximum Gasteiger partial charge on any atom is 0.255 e. The third kappa shape index (κ3) is 4.53. The Morgan fingerprint density at radius 2 is 1.97 bits per heavy atom. The molecule has 0 saturated carbocycles. The van der Waals surface area contributed by atoms with E-state index in [2.05, 4.69) is 17.2 Å². The molecule has 1 amide bonds. The number of ether oxygens (including phenoxy) is 1. The summed E-state index contributed by atoms with van der Waals surface area (Å²) in [6, 6.07) is 17.7. The Balaban J connectivity index is 1.59. The Labute approximate surface area is 180 Å². The molecule has 0 saturated heterocycles. The minimum Gasteiger partial charge on any atom is -0.507 e. The summed E-state index contributed by atoms with van der Waals surface area (Å²) in [5, 5.41) is 13.2. The zero-order chi connectivity index (χ0) is 21.8. The van der Waals surface area contributed by atoms with Gasteiger partial charge in [0, 0.05) is 11.3 Å². The Hall–Kier alpha value is -3.80. The van der Waals surface area contributed by atoms with Gasteiger partial charge in [-0.25, -0.2) is 4.98 Å². The first kappa shape index (κ1) is 20.5. The number of nitrogens with one attached hydrogen (secondary N) is 1. The van der Waals surface area contributed by atoms with Crippen LogP contribution in [0.1, 0.15) is 36.2 Å². The lowest BCUT2D eigenvalue weighted by Crippen LogP contribution is -2.12. The first-order chi connectivity index (χ1) is 15.1. The van der Waals surface area contributed by atoms with Crippen LogP contribution in [0.5, 0.6) is 11.5 Å². The third-order valence-corrected chi connectivity index (χ3v) is 4.91. The Morgan fingerprint density at radius 3 is 2.77 bits per heavy atom. The molecule has 6 nitrogen and oxygen atoms in total. The number of phenols is 1. The van der Waals surface area contributed by atoms with Crippen molar-refractivity contribution in [2.75, 3.05) is 11.9 Å². The standard InChI is InChI=1S/C25H24N2O4/c1-3-12-30-19-7-5-6-17(14-19)24(29)26-18-9-10-22(28)20(15-18)25-27-21-13-16(4-2)8-11-23(21)31-25/h5-11,13-15,28H,3-4,12H2,1-2H3,(H,26,29). The normalized spacial score (nSPS) is 10.9. The molecular weight excluding hydrogens is 392 g/mol. The number of benzene rings is 3. The molecule has 0 aliphatic rings. The molecule has 4 aromatic rings. The van der Waals surface area contributed by atoms with Crippen LogP contribution in [0.4, 0.5) is 5.69 Å². The van der Waals surface area contributed by atoms with Crippen molar-refractivity contribution in [2.24, 2.45) is 0 Å². The van der Waals surface area contributed by atoms with Crippen LogP contribution in [-0.4, -0.2) is 22.6 Å². The number of amides is 1. The van der Waals surface area contributed by atoms with Gasteiger partial charge in [0.15, 0.2) is 5.58 Å². The first-order valence-corrected chi connectivity index (χ1v) is 10.3. The molecular formula is C25H24N2O4. The summed E-state index contributed by atoms with van der Waals surface area (Å²) in [5.41, 5.74) is 3.94. The van der Waals surface area contributed by atoms with E-state index in [1.165, 1.54) is 6.07 Å². The fourth-order valence-corrected chi connectivity index (χ4v) is 3.24. The molecule has 31 heavy (non-hydrogen) atoms. The zero-order valence-corrected chi connectivity index (χ0v) is 17.5. The second-order valence-corrected chi connectivity index (χ2v) is 7.24. The van der Waals surface area contributed by atoms with Crippen molar-refractivity contribution in [2.45, 2.75) is 26.7 Å². The van der Waals surface area contributed by atoms with Crippen LogP contribution in [0.25, 0.3) is 22.6 Å². The number of aryl methyl sites for hydroxylation is 1. The van der Waals surface area contributed by atoms with E-state index >= 15 is 0 Å². The lowest BCUT2D eigenvalue weighted by Gasteiger charge is -2.09. The molecule has 158 valence electrons. The molecule has 6 heteroatoms. The number of aromatic nitrogens is 1. The number of fused-ring (bicyclic) bond motifs is 1. The quantitative estimate of drug-likeness (QED) is 0.372.